The normalized spacial score (nSPS) is 11.1. The molecule has 0 bridgehead atoms. The van der Waals surface area contributed by atoms with Crippen LogP contribution in [0.4, 0.5) is 4.39 Å². The van der Waals surface area contributed by atoms with E-state index in [-0.39, 0.29) is 23.3 Å². The van der Waals surface area contributed by atoms with E-state index < -0.39 is 28.4 Å². The van der Waals surface area contributed by atoms with Crippen LogP contribution in [0.15, 0.2) is 62.9 Å². The fourth-order valence-corrected chi connectivity index (χ4v) is 3.96. The molecule has 0 radical (unpaired) electrons. The molecule has 0 atom stereocenters. The maximum Gasteiger partial charge on any atom is 0.337 e. The van der Waals surface area contributed by atoms with Crippen LogP contribution in [0.3, 0.4) is 0 Å². The molecule has 1 N–H and O–H groups in total. The van der Waals surface area contributed by atoms with Crippen LogP contribution in [-0.2, 0) is 13.6 Å². The molecule has 10 heteroatoms. The Morgan fingerprint density at radius 1 is 1.06 bits per heavy atom. The zero-order valence-corrected chi connectivity index (χ0v) is 19.2. The first-order valence-electron chi connectivity index (χ1n) is 9.40. The first kappa shape index (κ1) is 21.8. The van der Waals surface area contributed by atoms with Crippen LogP contribution in [0, 0.1) is 9.39 Å². The number of rotatable bonds is 4. The number of aryl methyl sites for hydroxylation is 1. The van der Waals surface area contributed by atoms with Gasteiger partial charge in [0.15, 0.2) is 0 Å². The van der Waals surface area contributed by atoms with E-state index in [1.807, 2.05) is 22.6 Å². The SMILES string of the molecule is COc1ccc(Cn2c(=O)c3c(O)cc(=O)n(C)c3n(-c3ccc(I)cc3F)c2=O)cc1. The van der Waals surface area contributed by atoms with Crippen molar-refractivity contribution in [3.05, 3.63) is 94.7 Å². The van der Waals surface area contributed by atoms with Gasteiger partial charge in [-0.2, -0.15) is 0 Å². The van der Waals surface area contributed by atoms with Gasteiger partial charge in [-0.3, -0.25) is 18.7 Å². The van der Waals surface area contributed by atoms with Crippen LogP contribution in [0.1, 0.15) is 5.56 Å². The van der Waals surface area contributed by atoms with E-state index in [0.29, 0.717) is 14.9 Å². The van der Waals surface area contributed by atoms with Gasteiger partial charge in [-0.1, -0.05) is 12.1 Å². The Balaban J connectivity index is 2.11. The maximum absolute atomic E-state index is 14.9. The average Bonchev–Trinajstić information content (AvgIpc) is 2.76. The zero-order chi connectivity index (χ0) is 23.2. The van der Waals surface area contributed by atoms with E-state index in [0.717, 1.165) is 19.8 Å². The van der Waals surface area contributed by atoms with E-state index >= 15 is 0 Å². The van der Waals surface area contributed by atoms with E-state index in [9.17, 15) is 23.9 Å². The van der Waals surface area contributed by atoms with Crippen molar-refractivity contribution in [3.8, 4) is 17.2 Å². The Hall–Kier alpha value is -3.41. The molecule has 0 saturated heterocycles. The summed E-state index contributed by atoms with van der Waals surface area (Å²) in [6.45, 7) is -0.133. The fourth-order valence-electron chi connectivity index (χ4n) is 3.51. The molecule has 0 aliphatic heterocycles. The van der Waals surface area contributed by atoms with Crippen molar-refractivity contribution < 1.29 is 14.2 Å². The van der Waals surface area contributed by atoms with Gasteiger partial charge in [-0.15, -0.1) is 0 Å². The van der Waals surface area contributed by atoms with Crippen LogP contribution < -0.4 is 21.5 Å². The molecule has 0 aliphatic carbocycles. The van der Waals surface area contributed by atoms with Crippen molar-refractivity contribution in [2.24, 2.45) is 7.05 Å². The van der Waals surface area contributed by atoms with Crippen LogP contribution in [0.25, 0.3) is 16.7 Å². The topological polar surface area (TPSA) is 95.5 Å². The molecule has 0 saturated carbocycles. The first-order valence-corrected chi connectivity index (χ1v) is 10.5. The molecule has 164 valence electrons. The molecule has 0 spiro atoms. The molecule has 0 aliphatic rings. The quantitative estimate of drug-likeness (QED) is 0.395. The van der Waals surface area contributed by atoms with Gasteiger partial charge >= 0.3 is 5.69 Å². The Morgan fingerprint density at radius 3 is 2.38 bits per heavy atom. The molecule has 0 amide bonds. The molecule has 8 nitrogen and oxygen atoms in total. The number of benzene rings is 2. The summed E-state index contributed by atoms with van der Waals surface area (Å²) >= 11 is 1.93. The summed E-state index contributed by atoms with van der Waals surface area (Å²) < 4.78 is 23.5. The summed E-state index contributed by atoms with van der Waals surface area (Å²) in [4.78, 5) is 39.0. The molecule has 4 aromatic rings. The number of halogens is 2. The number of methoxy groups -OCH3 is 1. The number of hydrogen-bond donors (Lipinski definition) is 1. The fraction of sp³-hybridized carbons (Fsp3) is 0.136. The summed E-state index contributed by atoms with van der Waals surface area (Å²) in [5.41, 5.74) is -2.03. The number of nitrogens with zero attached hydrogens (tertiary/aromatic N) is 3. The summed E-state index contributed by atoms with van der Waals surface area (Å²) in [5, 5.41) is 10.2. The number of fused-ring (bicyclic) bond motifs is 1. The van der Waals surface area contributed by atoms with E-state index in [1.165, 1.54) is 26.3 Å². The largest absolute Gasteiger partial charge is 0.507 e. The smallest absolute Gasteiger partial charge is 0.337 e. The lowest BCUT2D eigenvalue weighted by molar-refractivity contribution is 0.414. The highest BCUT2D eigenvalue weighted by Crippen LogP contribution is 2.22. The monoisotopic (exact) mass is 549 g/mol. The van der Waals surface area contributed by atoms with Crippen LogP contribution in [0.5, 0.6) is 11.5 Å². The van der Waals surface area contributed by atoms with Gasteiger partial charge in [0.1, 0.15) is 28.3 Å². The van der Waals surface area contributed by atoms with Crippen molar-refractivity contribution in [3.63, 3.8) is 0 Å². The number of hydrogen-bond acceptors (Lipinski definition) is 5. The van der Waals surface area contributed by atoms with Crippen molar-refractivity contribution in [2.45, 2.75) is 6.54 Å². The van der Waals surface area contributed by atoms with Gasteiger partial charge in [0.05, 0.1) is 19.3 Å². The minimum absolute atomic E-state index is 0.133. The van der Waals surface area contributed by atoms with Crippen molar-refractivity contribution >= 4 is 33.6 Å². The molecule has 0 unspecified atom stereocenters. The highest BCUT2D eigenvalue weighted by atomic mass is 127. The Kier molecular flexibility index (Phi) is 5.63. The predicted octanol–water partition coefficient (Wildman–Crippen LogP) is 2.36. The second-order valence-electron chi connectivity index (χ2n) is 7.08. The van der Waals surface area contributed by atoms with Crippen LogP contribution >= 0.6 is 22.6 Å². The average molecular weight is 549 g/mol. The summed E-state index contributed by atoms with van der Waals surface area (Å²) in [6, 6.07) is 11.8. The molecule has 2 aromatic heterocycles. The van der Waals surface area contributed by atoms with Gasteiger partial charge in [0.2, 0.25) is 0 Å². The Labute approximate surface area is 193 Å². The molecular formula is C22H17FIN3O5. The van der Waals surface area contributed by atoms with Gasteiger partial charge < -0.3 is 9.84 Å². The second-order valence-corrected chi connectivity index (χ2v) is 8.32. The molecule has 0 fully saturated rings. The lowest BCUT2D eigenvalue weighted by Crippen LogP contribution is -2.42. The molecule has 2 aromatic carbocycles. The van der Waals surface area contributed by atoms with Gasteiger partial charge in [-0.25, -0.2) is 13.8 Å². The molecule has 32 heavy (non-hydrogen) atoms. The lowest BCUT2D eigenvalue weighted by atomic mass is 10.2. The van der Waals surface area contributed by atoms with E-state index in [2.05, 4.69) is 0 Å². The van der Waals surface area contributed by atoms with Crippen molar-refractivity contribution in [2.75, 3.05) is 7.11 Å². The lowest BCUT2D eigenvalue weighted by Gasteiger charge is -2.17. The third-order valence-electron chi connectivity index (χ3n) is 5.13. The molecular weight excluding hydrogens is 532 g/mol. The van der Waals surface area contributed by atoms with Crippen LogP contribution in [-0.4, -0.2) is 25.9 Å². The summed E-state index contributed by atoms with van der Waals surface area (Å²) in [5.74, 6) is -0.701. The second kappa shape index (κ2) is 8.26. The Bertz CT molecular complexity index is 1540. The first-order chi connectivity index (χ1) is 15.2. The number of aromatic hydroxyl groups is 1. The van der Waals surface area contributed by atoms with Crippen LogP contribution in [0.2, 0.25) is 0 Å². The highest BCUT2D eigenvalue weighted by molar-refractivity contribution is 14.1. The maximum atomic E-state index is 14.9. The van der Waals surface area contributed by atoms with E-state index in [1.54, 1.807) is 30.3 Å². The van der Waals surface area contributed by atoms with Gasteiger partial charge in [-0.05, 0) is 58.5 Å². The number of pyridine rings is 1. The zero-order valence-electron chi connectivity index (χ0n) is 17.0. The van der Waals surface area contributed by atoms with E-state index in [4.69, 9.17) is 4.74 Å². The minimum atomic E-state index is -0.848. The number of ether oxygens (including phenoxy) is 1. The predicted molar refractivity (Wildman–Crippen MR) is 125 cm³/mol. The third-order valence-corrected chi connectivity index (χ3v) is 5.80. The third kappa shape index (κ3) is 3.60. The minimum Gasteiger partial charge on any atom is -0.507 e. The summed E-state index contributed by atoms with van der Waals surface area (Å²) in [6.07, 6.45) is 0. The number of aromatic nitrogens is 3. The standard InChI is InChI=1S/C22H17FIN3O5/c1-25-18(29)10-17(28)19-20(25)27(16-8-5-13(24)9-15(16)23)22(31)26(21(19)30)11-12-3-6-14(32-2)7-4-12/h3-10,28H,11H2,1-2H3. The Morgan fingerprint density at radius 2 is 1.75 bits per heavy atom. The van der Waals surface area contributed by atoms with Gasteiger partial charge in [0, 0.05) is 16.7 Å². The molecule has 2 heterocycles. The highest BCUT2D eigenvalue weighted by Gasteiger charge is 2.22. The molecule has 4 rings (SSSR count). The van der Waals surface area contributed by atoms with Crippen molar-refractivity contribution in [1.82, 2.24) is 13.7 Å². The van der Waals surface area contributed by atoms with Gasteiger partial charge in [0.25, 0.3) is 11.1 Å². The summed E-state index contributed by atoms with van der Waals surface area (Å²) in [7, 11) is 2.86. The van der Waals surface area contributed by atoms with Crippen molar-refractivity contribution in [1.29, 1.82) is 0 Å².